The van der Waals surface area contributed by atoms with Crippen LogP contribution in [0.25, 0.3) is 10.9 Å². The number of nitrogens with zero attached hydrogens (tertiary/aromatic N) is 2. The second-order valence-electron chi connectivity index (χ2n) is 7.06. The molecule has 1 amide bonds. The number of amides is 1. The molecule has 9 nitrogen and oxygen atoms in total. The molecule has 4 rings (SSSR count). The highest BCUT2D eigenvalue weighted by Gasteiger charge is 2.12. The van der Waals surface area contributed by atoms with Crippen LogP contribution in [0.1, 0.15) is 21.9 Å². The molecule has 2 N–H and O–H groups in total. The van der Waals surface area contributed by atoms with E-state index in [1.807, 2.05) is 35.0 Å². The van der Waals surface area contributed by atoms with E-state index in [0.29, 0.717) is 23.8 Å². The van der Waals surface area contributed by atoms with E-state index in [1.54, 1.807) is 43.7 Å². The Balaban J connectivity index is 1.41. The van der Waals surface area contributed by atoms with Crippen molar-refractivity contribution < 1.29 is 28.6 Å². The lowest BCUT2D eigenvalue weighted by atomic mass is 10.2. The smallest absolute Gasteiger partial charge is 0.371 e. The van der Waals surface area contributed by atoms with E-state index in [9.17, 15) is 9.59 Å². The molecule has 0 aliphatic carbocycles. The van der Waals surface area contributed by atoms with E-state index in [4.69, 9.17) is 19.0 Å². The molecular formula is C24H21N3O6. The minimum atomic E-state index is -1.11. The second-order valence-corrected chi connectivity index (χ2v) is 7.06. The molecule has 0 spiro atoms. The number of carboxylic acid groups (broad SMARTS) is 1. The van der Waals surface area contributed by atoms with Crippen molar-refractivity contribution in [2.24, 2.45) is 5.10 Å². The number of methoxy groups -OCH3 is 1. The van der Waals surface area contributed by atoms with E-state index in [2.05, 4.69) is 10.5 Å². The zero-order chi connectivity index (χ0) is 23.2. The Bertz CT molecular complexity index is 1300. The number of hydrazone groups is 1. The molecule has 0 saturated carbocycles. The van der Waals surface area contributed by atoms with Crippen molar-refractivity contribution in [2.75, 3.05) is 13.7 Å². The summed E-state index contributed by atoms with van der Waals surface area (Å²) in [5.74, 6) is 0.135. The molecule has 0 atom stereocenters. The normalized spacial score (nSPS) is 11.1. The van der Waals surface area contributed by atoms with Gasteiger partial charge in [0.1, 0.15) is 17.3 Å². The fourth-order valence-corrected chi connectivity index (χ4v) is 3.28. The number of carbonyl (C=O) groups excluding carboxylic acids is 1. The summed E-state index contributed by atoms with van der Waals surface area (Å²) >= 11 is 0. The topological polar surface area (TPSA) is 115 Å². The van der Waals surface area contributed by atoms with Crippen LogP contribution in [0.4, 0.5) is 0 Å². The van der Waals surface area contributed by atoms with Crippen LogP contribution in [0.5, 0.6) is 11.5 Å². The van der Waals surface area contributed by atoms with Crippen LogP contribution in [-0.4, -0.2) is 41.5 Å². The molecule has 0 unspecified atom stereocenters. The Morgan fingerprint density at radius 3 is 2.58 bits per heavy atom. The lowest BCUT2D eigenvalue weighted by Crippen LogP contribution is -2.24. The third-order valence-corrected chi connectivity index (χ3v) is 4.84. The highest BCUT2D eigenvalue weighted by Crippen LogP contribution is 2.22. The zero-order valence-electron chi connectivity index (χ0n) is 17.7. The highest BCUT2D eigenvalue weighted by molar-refractivity contribution is 5.99. The monoisotopic (exact) mass is 447 g/mol. The molecule has 0 bridgehead atoms. The molecule has 0 aliphatic rings. The molecule has 0 saturated heterocycles. The predicted octanol–water partition coefficient (Wildman–Crippen LogP) is 3.52. The van der Waals surface area contributed by atoms with E-state index < -0.39 is 11.9 Å². The van der Waals surface area contributed by atoms with Crippen molar-refractivity contribution in [3.05, 3.63) is 83.9 Å². The molecule has 33 heavy (non-hydrogen) atoms. The number of aromatic carboxylic acids is 1. The van der Waals surface area contributed by atoms with Crippen molar-refractivity contribution in [2.45, 2.75) is 6.54 Å². The average molecular weight is 447 g/mol. The van der Waals surface area contributed by atoms with Gasteiger partial charge < -0.3 is 23.6 Å². The number of hydrogen-bond donors (Lipinski definition) is 2. The van der Waals surface area contributed by atoms with Crippen LogP contribution in [0, 0.1) is 0 Å². The Labute approximate surface area is 188 Å². The first kappa shape index (κ1) is 21.7. The summed E-state index contributed by atoms with van der Waals surface area (Å²) in [5.41, 5.74) is 4.15. The predicted molar refractivity (Wildman–Crippen MR) is 121 cm³/mol. The number of ether oxygens (including phenoxy) is 2. The van der Waals surface area contributed by atoms with Gasteiger partial charge in [-0.2, -0.15) is 5.10 Å². The van der Waals surface area contributed by atoms with Gasteiger partial charge in [0, 0.05) is 22.7 Å². The van der Waals surface area contributed by atoms with E-state index >= 15 is 0 Å². The van der Waals surface area contributed by atoms with E-state index in [0.717, 1.165) is 16.5 Å². The number of hydrogen-bond acceptors (Lipinski definition) is 6. The number of aromatic nitrogens is 1. The third kappa shape index (κ3) is 5.21. The molecule has 0 fully saturated rings. The zero-order valence-corrected chi connectivity index (χ0v) is 17.7. The van der Waals surface area contributed by atoms with Gasteiger partial charge in [-0.05, 0) is 42.5 Å². The Morgan fingerprint density at radius 1 is 1.09 bits per heavy atom. The van der Waals surface area contributed by atoms with Gasteiger partial charge >= 0.3 is 5.97 Å². The van der Waals surface area contributed by atoms with Gasteiger partial charge in [0.2, 0.25) is 5.76 Å². The van der Waals surface area contributed by atoms with Crippen molar-refractivity contribution in [3.8, 4) is 11.5 Å². The molecule has 9 heteroatoms. The maximum atomic E-state index is 12.1. The van der Waals surface area contributed by atoms with E-state index in [1.165, 1.54) is 6.07 Å². The Kier molecular flexibility index (Phi) is 6.40. The lowest BCUT2D eigenvalue weighted by Gasteiger charge is -2.05. The fraction of sp³-hybridized carbons (Fsp3) is 0.125. The summed E-state index contributed by atoms with van der Waals surface area (Å²) in [4.78, 5) is 23.1. The Morgan fingerprint density at radius 2 is 1.85 bits per heavy atom. The molecule has 2 heterocycles. The number of fused-ring (bicyclic) bond motifs is 1. The summed E-state index contributed by atoms with van der Waals surface area (Å²) in [6, 6.07) is 17.7. The van der Waals surface area contributed by atoms with Gasteiger partial charge in [-0.1, -0.05) is 18.2 Å². The maximum absolute atomic E-state index is 12.1. The van der Waals surface area contributed by atoms with Crippen LogP contribution in [0.15, 0.2) is 76.4 Å². The molecule has 0 radical (unpaired) electrons. The summed E-state index contributed by atoms with van der Waals surface area (Å²) in [5, 5.41) is 14.0. The lowest BCUT2D eigenvalue weighted by molar-refractivity contribution is -0.123. The van der Waals surface area contributed by atoms with Crippen LogP contribution in [-0.2, 0) is 11.3 Å². The van der Waals surface area contributed by atoms with Crippen LogP contribution in [0.3, 0.4) is 0 Å². The van der Waals surface area contributed by atoms with Crippen molar-refractivity contribution in [3.63, 3.8) is 0 Å². The van der Waals surface area contributed by atoms with Gasteiger partial charge in [-0.25, -0.2) is 10.2 Å². The molecule has 4 aromatic rings. The maximum Gasteiger partial charge on any atom is 0.371 e. The van der Waals surface area contributed by atoms with Gasteiger partial charge in [0.05, 0.1) is 19.9 Å². The summed E-state index contributed by atoms with van der Waals surface area (Å²) in [6.07, 6.45) is 3.41. The first-order chi connectivity index (χ1) is 16.0. The summed E-state index contributed by atoms with van der Waals surface area (Å²) in [7, 11) is 1.57. The van der Waals surface area contributed by atoms with Crippen molar-refractivity contribution in [1.29, 1.82) is 0 Å². The van der Waals surface area contributed by atoms with Gasteiger partial charge in [-0.15, -0.1) is 0 Å². The summed E-state index contributed by atoms with van der Waals surface area (Å²) < 4.78 is 17.8. The fourth-order valence-electron chi connectivity index (χ4n) is 3.28. The molecule has 2 aromatic heterocycles. The van der Waals surface area contributed by atoms with Gasteiger partial charge in [-0.3, -0.25) is 4.79 Å². The minimum Gasteiger partial charge on any atom is -0.497 e. The van der Waals surface area contributed by atoms with Gasteiger partial charge in [0.15, 0.2) is 6.61 Å². The van der Waals surface area contributed by atoms with Crippen LogP contribution >= 0.6 is 0 Å². The summed E-state index contributed by atoms with van der Waals surface area (Å²) in [6.45, 7) is 0.166. The molecule has 0 aliphatic heterocycles. The highest BCUT2D eigenvalue weighted by atomic mass is 16.5. The number of carboxylic acids is 1. The number of benzene rings is 2. The molecule has 168 valence electrons. The van der Waals surface area contributed by atoms with Crippen molar-refractivity contribution in [1.82, 2.24) is 9.99 Å². The number of carbonyl (C=O) groups is 2. The second kappa shape index (κ2) is 9.73. The Hall–Kier alpha value is -4.53. The average Bonchev–Trinajstić information content (AvgIpc) is 3.44. The standard InChI is InChI=1S/C24H21N3O6/c1-31-17-6-8-18(9-7-17)32-15-23(28)26-25-12-16-13-27(21-5-3-2-4-20(16)21)14-19-10-11-22(33-19)24(29)30/h2-13H,14-15H2,1H3,(H,26,28)(H,29,30)/b25-12+. The van der Waals surface area contributed by atoms with E-state index in [-0.39, 0.29) is 12.4 Å². The molecular weight excluding hydrogens is 426 g/mol. The third-order valence-electron chi connectivity index (χ3n) is 4.84. The first-order valence-electron chi connectivity index (χ1n) is 10.0. The quantitative estimate of drug-likeness (QED) is 0.300. The largest absolute Gasteiger partial charge is 0.497 e. The molecule has 2 aromatic carbocycles. The number of rotatable bonds is 9. The SMILES string of the molecule is COc1ccc(OCC(=O)N/N=C/c2cn(Cc3ccc(C(=O)O)o3)c3ccccc23)cc1. The van der Waals surface area contributed by atoms with Gasteiger partial charge in [0.25, 0.3) is 5.91 Å². The number of para-hydroxylation sites is 1. The van der Waals surface area contributed by atoms with Crippen molar-refractivity contribution >= 4 is 29.0 Å². The van der Waals surface area contributed by atoms with Crippen LogP contribution in [0.2, 0.25) is 0 Å². The number of nitrogens with one attached hydrogen (secondary N) is 1. The number of furan rings is 1. The first-order valence-corrected chi connectivity index (χ1v) is 10.0. The van der Waals surface area contributed by atoms with Crippen LogP contribution < -0.4 is 14.9 Å². The minimum absolute atomic E-state index is 0.109.